The van der Waals surface area contributed by atoms with E-state index in [-0.39, 0.29) is 5.91 Å². The Bertz CT molecular complexity index is 730. The number of halogens is 1. The van der Waals surface area contributed by atoms with Crippen LogP contribution in [0.1, 0.15) is 29.8 Å². The van der Waals surface area contributed by atoms with E-state index in [4.69, 9.17) is 16.3 Å². The van der Waals surface area contributed by atoms with Gasteiger partial charge in [0.15, 0.2) is 0 Å². The molecule has 0 fully saturated rings. The number of hydrogen-bond donors (Lipinski definition) is 1. The normalized spacial score (nSPS) is 10.4. The Morgan fingerprint density at radius 3 is 2.58 bits per heavy atom. The number of pyridine rings is 1. The lowest BCUT2D eigenvalue weighted by Gasteiger charge is -2.21. The summed E-state index contributed by atoms with van der Waals surface area (Å²) < 4.78 is 5.29. The minimum absolute atomic E-state index is 0.239. The zero-order valence-corrected chi connectivity index (χ0v) is 15.1. The number of carbonyl (C=O) groups excluding carboxylic acids is 1. The molecule has 0 atom stereocenters. The summed E-state index contributed by atoms with van der Waals surface area (Å²) in [6.45, 7) is 7.72. The Morgan fingerprint density at radius 1 is 1.25 bits per heavy atom. The molecule has 128 valence electrons. The van der Waals surface area contributed by atoms with Gasteiger partial charge in [-0.05, 0) is 38.5 Å². The largest absolute Gasteiger partial charge is 0.495 e. The Hall–Kier alpha value is -2.27. The summed E-state index contributed by atoms with van der Waals surface area (Å²) in [4.78, 5) is 18.9. The first-order valence-corrected chi connectivity index (χ1v) is 8.23. The predicted molar refractivity (Wildman–Crippen MR) is 98.5 cm³/mol. The molecule has 0 saturated carbocycles. The first-order chi connectivity index (χ1) is 11.5. The number of aryl methyl sites for hydroxylation is 1. The van der Waals surface area contributed by atoms with Crippen molar-refractivity contribution >= 4 is 28.9 Å². The van der Waals surface area contributed by atoms with Gasteiger partial charge in [0.1, 0.15) is 5.75 Å². The van der Waals surface area contributed by atoms with Gasteiger partial charge >= 0.3 is 0 Å². The number of hydrogen-bond acceptors (Lipinski definition) is 4. The summed E-state index contributed by atoms with van der Waals surface area (Å²) in [6, 6.07) is 5.32. The number of rotatable bonds is 6. The third-order valence-electron chi connectivity index (χ3n) is 3.84. The number of anilines is 2. The van der Waals surface area contributed by atoms with Crippen LogP contribution < -0.4 is 15.0 Å². The van der Waals surface area contributed by atoms with Gasteiger partial charge in [0.25, 0.3) is 5.91 Å². The van der Waals surface area contributed by atoms with Gasteiger partial charge in [0, 0.05) is 30.4 Å². The molecular weight excluding hydrogens is 326 g/mol. The molecule has 1 N–H and O–H groups in total. The molecule has 0 aliphatic carbocycles. The fourth-order valence-electron chi connectivity index (χ4n) is 2.44. The highest BCUT2D eigenvalue weighted by Gasteiger charge is 2.13. The highest BCUT2D eigenvalue weighted by Crippen LogP contribution is 2.31. The second-order valence-corrected chi connectivity index (χ2v) is 5.77. The van der Waals surface area contributed by atoms with Crippen LogP contribution in [0.15, 0.2) is 30.6 Å². The molecule has 0 aliphatic heterocycles. The Labute approximate surface area is 147 Å². The lowest BCUT2D eigenvalue weighted by atomic mass is 10.2. The Kier molecular flexibility index (Phi) is 6.04. The van der Waals surface area contributed by atoms with Gasteiger partial charge in [-0.2, -0.15) is 0 Å². The summed E-state index contributed by atoms with van der Waals surface area (Å²) >= 11 is 6.10. The fourth-order valence-corrected chi connectivity index (χ4v) is 2.59. The summed E-state index contributed by atoms with van der Waals surface area (Å²) in [7, 11) is 1.54. The highest BCUT2D eigenvalue weighted by atomic mass is 35.5. The van der Waals surface area contributed by atoms with Gasteiger partial charge in [-0.1, -0.05) is 11.6 Å². The Balaban J connectivity index is 2.27. The first-order valence-electron chi connectivity index (χ1n) is 7.85. The van der Waals surface area contributed by atoms with E-state index in [1.165, 1.54) is 0 Å². The zero-order chi connectivity index (χ0) is 17.7. The van der Waals surface area contributed by atoms with Gasteiger partial charge < -0.3 is 15.0 Å². The lowest BCUT2D eigenvalue weighted by molar-refractivity contribution is 0.102. The van der Waals surface area contributed by atoms with Crippen LogP contribution in [-0.2, 0) is 0 Å². The van der Waals surface area contributed by atoms with E-state index in [1.807, 2.05) is 13.0 Å². The molecule has 0 saturated heterocycles. The number of amides is 1. The summed E-state index contributed by atoms with van der Waals surface area (Å²) in [5, 5.41) is 3.46. The second-order valence-electron chi connectivity index (χ2n) is 5.36. The zero-order valence-electron chi connectivity index (χ0n) is 14.4. The lowest BCUT2D eigenvalue weighted by Crippen LogP contribution is -2.22. The number of benzene rings is 1. The van der Waals surface area contributed by atoms with Gasteiger partial charge in [0.05, 0.1) is 30.2 Å². The van der Waals surface area contributed by atoms with Crippen LogP contribution in [0.4, 0.5) is 11.4 Å². The quantitative estimate of drug-likeness (QED) is 0.852. The van der Waals surface area contributed by atoms with Crippen LogP contribution in [0.2, 0.25) is 5.02 Å². The third kappa shape index (κ3) is 3.97. The molecule has 1 aromatic carbocycles. The van der Waals surface area contributed by atoms with Crippen molar-refractivity contribution in [1.82, 2.24) is 4.98 Å². The van der Waals surface area contributed by atoms with Crippen LogP contribution in [-0.4, -0.2) is 31.1 Å². The first kappa shape index (κ1) is 18.1. The topological polar surface area (TPSA) is 54.5 Å². The highest BCUT2D eigenvalue weighted by molar-refractivity contribution is 6.31. The Morgan fingerprint density at radius 2 is 1.96 bits per heavy atom. The molecule has 6 heteroatoms. The summed E-state index contributed by atoms with van der Waals surface area (Å²) in [5.41, 5.74) is 2.86. The van der Waals surface area contributed by atoms with Crippen molar-refractivity contribution in [3.8, 4) is 5.75 Å². The number of ether oxygens (including phenoxy) is 1. The third-order valence-corrected chi connectivity index (χ3v) is 4.25. The number of carbonyl (C=O) groups is 1. The molecule has 0 unspecified atom stereocenters. The van der Waals surface area contributed by atoms with E-state index in [2.05, 4.69) is 29.0 Å². The van der Waals surface area contributed by atoms with Crippen LogP contribution in [0.3, 0.4) is 0 Å². The maximum atomic E-state index is 12.6. The fraction of sp³-hybridized carbons (Fsp3) is 0.333. The van der Waals surface area contributed by atoms with E-state index in [1.54, 1.807) is 31.6 Å². The number of nitrogens with zero attached hydrogens (tertiary/aromatic N) is 2. The molecule has 1 heterocycles. The number of nitrogens with one attached hydrogen (secondary N) is 1. The number of methoxy groups -OCH3 is 1. The minimum atomic E-state index is -0.239. The van der Waals surface area contributed by atoms with Crippen molar-refractivity contribution in [2.24, 2.45) is 0 Å². The van der Waals surface area contributed by atoms with Crippen molar-refractivity contribution in [3.05, 3.63) is 46.7 Å². The maximum Gasteiger partial charge on any atom is 0.257 e. The molecule has 0 radical (unpaired) electrons. The monoisotopic (exact) mass is 347 g/mol. The molecule has 0 bridgehead atoms. The van der Waals surface area contributed by atoms with E-state index < -0.39 is 0 Å². The summed E-state index contributed by atoms with van der Waals surface area (Å²) in [6.07, 6.45) is 3.31. The average Bonchev–Trinajstić information content (AvgIpc) is 2.59. The van der Waals surface area contributed by atoms with Crippen molar-refractivity contribution in [2.75, 3.05) is 30.4 Å². The van der Waals surface area contributed by atoms with E-state index in [9.17, 15) is 4.79 Å². The number of aromatic nitrogens is 1. The average molecular weight is 348 g/mol. The van der Waals surface area contributed by atoms with E-state index >= 15 is 0 Å². The molecule has 24 heavy (non-hydrogen) atoms. The van der Waals surface area contributed by atoms with Crippen molar-refractivity contribution in [2.45, 2.75) is 20.8 Å². The van der Waals surface area contributed by atoms with Crippen molar-refractivity contribution in [3.63, 3.8) is 0 Å². The van der Waals surface area contributed by atoms with Crippen LogP contribution in [0.5, 0.6) is 5.75 Å². The van der Waals surface area contributed by atoms with Gasteiger partial charge in [-0.25, -0.2) is 0 Å². The molecule has 2 aromatic rings. The molecule has 1 amide bonds. The van der Waals surface area contributed by atoms with Gasteiger partial charge in [-0.15, -0.1) is 0 Å². The molecule has 0 spiro atoms. The van der Waals surface area contributed by atoms with E-state index in [0.29, 0.717) is 22.0 Å². The summed E-state index contributed by atoms with van der Waals surface area (Å²) in [5.74, 6) is 0.281. The SMILES string of the molecule is CCN(CC)c1cncc(C(=O)Nc2cc(C)c(Cl)cc2OC)c1. The smallest absolute Gasteiger partial charge is 0.257 e. The van der Waals surface area contributed by atoms with Crippen LogP contribution in [0.25, 0.3) is 0 Å². The minimum Gasteiger partial charge on any atom is -0.495 e. The second kappa shape index (κ2) is 8.02. The van der Waals surface area contributed by atoms with Crippen molar-refractivity contribution < 1.29 is 9.53 Å². The van der Waals surface area contributed by atoms with E-state index in [0.717, 1.165) is 24.3 Å². The van der Waals surface area contributed by atoms with Gasteiger partial charge in [0.2, 0.25) is 0 Å². The molecule has 1 aromatic heterocycles. The van der Waals surface area contributed by atoms with Crippen LogP contribution in [0, 0.1) is 6.92 Å². The van der Waals surface area contributed by atoms with Gasteiger partial charge in [-0.3, -0.25) is 9.78 Å². The molecule has 2 rings (SSSR count). The predicted octanol–water partition coefficient (Wildman–Crippen LogP) is 4.15. The standard InChI is InChI=1S/C18H22ClN3O2/c1-5-22(6-2)14-8-13(10-20-11-14)18(23)21-16-7-12(3)15(19)9-17(16)24-4/h7-11H,5-6H2,1-4H3,(H,21,23). The maximum absolute atomic E-state index is 12.6. The molecular formula is C18H22ClN3O2. The molecule has 0 aliphatic rings. The van der Waals surface area contributed by atoms with Crippen molar-refractivity contribution in [1.29, 1.82) is 0 Å². The molecule has 5 nitrogen and oxygen atoms in total. The van der Waals surface area contributed by atoms with Crippen LogP contribution >= 0.6 is 11.6 Å².